The number of imidazole rings is 1. The Balaban J connectivity index is 2.18. The van der Waals surface area contributed by atoms with E-state index in [-0.39, 0.29) is 5.75 Å². The molecule has 0 bridgehead atoms. The van der Waals surface area contributed by atoms with E-state index in [0.717, 1.165) is 22.7 Å². The zero-order valence-corrected chi connectivity index (χ0v) is 9.87. The van der Waals surface area contributed by atoms with E-state index in [1.807, 2.05) is 28.8 Å². The molecule has 1 aromatic carbocycles. The first-order valence-electron chi connectivity index (χ1n) is 5.58. The van der Waals surface area contributed by atoms with Crippen LogP contribution in [0, 0.1) is 0 Å². The fraction of sp³-hybridized carbons (Fsp3) is 0.0714. The molecule has 2 heterocycles. The summed E-state index contributed by atoms with van der Waals surface area (Å²) in [5.41, 5.74) is 1.83. The van der Waals surface area contributed by atoms with E-state index in [1.165, 1.54) is 0 Å². The lowest BCUT2D eigenvalue weighted by atomic mass is 10.2. The van der Waals surface area contributed by atoms with Crippen LogP contribution in [0.4, 0.5) is 0 Å². The summed E-state index contributed by atoms with van der Waals surface area (Å²) in [6.07, 6.45) is 3.68. The number of pyridine rings is 1. The van der Waals surface area contributed by atoms with Crippen LogP contribution in [0.3, 0.4) is 0 Å². The maximum Gasteiger partial charge on any atom is 0.144 e. The Morgan fingerprint density at radius 2 is 2.11 bits per heavy atom. The Morgan fingerprint density at radius 1 is 1.22 bits per heavy atom. The third-order valence-corrected chi connectivity index (χ3v) is 2.84. The standard InChI is InChI=1S/C14H12N2O2/c1-18-13-5-6-16-11(8-13)9-15-14(16)10-3-2-4-12(17)7-10/h2-9,17H,1H3. The van der Waals surface area contributed by atoms with Crippen molar-refractivity contribution < 1.29 is 9.84 Å². The van der Waals surface area contributed by atoms with Crippen molar-refractivity contribution >= 4 is 5.52 Å². The van der Waals surface area contributed by atoms with E-state index >= 15 is 0 Å². The van der Waals surface area contributed by atoms with Crippen LogP contribution >= 0.6 is 0 Å². The number of rotatable bonds is 2. The molecule has 0 spiro atoms. The number of phenols is 1. The maximum absolute atomic E-state index is 9.51. The minimum absolute atomic E-state index is 0.234. The van der Waals surface area contributed by atoms with Crippen molar-refractivity contribution in [2.24, 2.45) is 0 Å². The lowest BCUT2D eigenvalue weighted by molar-refractivity contribution is 0.414. The Bertz CT molecular complexity index is 704. The van der Waals surface area contributed by atoms with Crippen LogP contribution in [0.1, 0.15) is 0 Å². The molecule has 3 rings (SSSR count). The average Bonchev–Trinajstić information content (AvgIpc) is 2.81. The van der Waals surface area contributed by atoms with Crippen molar-refractivity contribution in [2.45, 2.75) is 0 Å². The summed E-state index contributed by atoms with van der Waals surface area (Å²) in [7, 11) is 1.64. The Labute approximate surface area is 104 Å². The summed E-state index contributed by atoms with van der Waals surface area (Å²) in [6.45, 7) is 0. The van der Waals surface area contributed by atoms with Crippen LogP contribution < -0.4 is 4.74 Å². The molecule has 1 N–H and O–H groups in total. The molecule has 0 aliphatic carbocycles. The van der Waals surface area contributed by atoms with Crippen LogP contribution in [0.25, 0.3) is 16.9 Å². The number of methoxy groups -OCH3 is 1. The molecular weight excluding hydrogens is 228 g/mol. The summed E-state index contributed by atoms with van der Waals surface area (Å²) < 4.78 is 7.13. The van der Waals surface area contributed by atoms with E-state index in [1.54, 1.807) is 31.5 Å². The van der Waals surface area contributed by atoms with Gasteiger partial charge in [0.15, 0.2) is 0 Å². The van der Waals surface area contributed by atoms with Gasteiger partial charge in [-0.2, -0.15) is 0 Å². The van der Waals surface area contributed by atoms with E-state index in [2.05, 4.69) is 4.98 Å². The van der Waals surface area contributed by atoms with Crippen LogP contribution in [-0.4, -0.2) is 21.6 Å². The van der Waals surface area contributed by atoms with Crippen molar-refractivity contribution in [3.63, 3.8) is 0 Å². The molecule has 0 atom stereocenters. The third-order valence-electron chi connectivity index (χ3n) is 2.84. The molecule has 2 aromatic heterocycles. The van der Waals surface area contributed by atoms with Gasteiger partial charge in [0.2, 0.25) is 0 Å². The van der Waals surface area contributed by atoms with Gasteiger partial charge in [0.1, 0.15) is 17.3 Å². The SMILES string of the molecule is COc1ccn2c(-c3cccc(O)c3)ncc2c1. The second-order valence-corrected chi connectivity index (χ2v) is 3.99. The number of benzene rings is 1. The normalized spacial score (nSPS) is 10.7. The van der Waals surface area contributed by atoms with Gasteiger partial charge in [-0.1, -0.05) is 12.1 Å². The predicted molar refractivity (Wildman–Crippen MR) is 68.8 cm³/mol. The fourth-order valence-corrected chi connectivity index (χ4v) is 1.96. The van der Waals surface area contributed by atoms with Gasteiger partial charge in [-0.05, 0) is 18.2 Å². The van der Waals surface area contributed by atoms with Gasteiger partial charge < -0.3 is 9.84 Å². The quantitative estimate of drug-likeness (QED) is 0.749. The van der Waals surface area contributed by atoms with Crippen molar-refractivity contribution in [2.75, 3.05) is 7.11 Å². The fourth-order valence-electron chi connectivity index (χ4n) is 1.96. The second-order valence-electron chi connectivity index (χ2n) is 3.99. The lowest BCUT2D eigenvalue weighted by Gasteiger charge is -2.04. The van der Waals surface area contributed by atoms with Crippen LogP contribution in [-0.2, 0) is 0 Å². The first kappa shape index (κ1) is 10.7. The highest BCUT2D eigenvalue weighted by atomic mass is 16.5. The smallest absolute Gasteiger partial charge is 0.144 e. The van der Waals surface area contributed by atoms with Crippen molar-refractivity contribution in [1.82, 2.24) is 9.38 Å². The first-order chi connectivity index (χ1) is 8.78. The van der Waals surface area contributed by atoms with E-state index in [9.17, 15) is 5.11 Å². The van der Waals surface area contributed by atoms with Gasteiger partial charge in [-0.15, -0.1) is 0 Å². The summed E-state index contributed by atoms with van der Waals surface area (Å²) in [5.74, 6) is 1.83. The number of phenolic OH excluding ortho intramolecular Hbond substituents is 1. The highest BCUT2D eigenvalue weighted by molar-refractivity contribution is 5.64. The molecule has 0 fully saturated rings. The van der Waals surface area contributed by atoms with Crippen molar-refractivity contribution in [3.8, 4) is 22.9 Å². The highest BCUT2D eigenvalue weighted by Gasteiger charge is 2.07. The molecule has 4 nitrogen and oxygen atoms in total. The number of nitrogens with zero attached hydrogens (tertiary/aromatic N) is 2. The predicted octanol–water partition coefficient (Wildman–Crippen LogP) is 2.72. The number of ether oxygens (including phenoxy) is 1. The summed E-state index contributed by atoms with van der Waals surface area (Å²) in [4.78, 5) is 4.38. The van der Waals surface area contributed by atoms with Crippen LogP contribution in [0.5, 0.6) is 11.5 Å². The minimum Gasteiger partial charge on any atom is -0.508 e. The van der Waals surface area contributed by atoms with Crippen LogP contribution in [0.2, 0.25) is 0 Å². The molecule has 0 radical (unpaired) electrons. The molecular formula is C14H12N2O2. The maximum atomic E-state index is 9.51. The molecule has 0 saturated heterocycles. The van der Waals surface area contributed by atoms with Gasteiger partial charge >= 0.3 is 0 Å². The van der Waals surface area contributed by atoms with Gasteiger partial charge in [0.25, 0.3) is 0 Å². The van der Waals surface area contributed by atoms with E-state index < -0.39 is 0 Å². The molecule has 0 saturated carbocycles. The summed E-state index contributed by atoms with van der Waals surface area (Å²) in [6, 6.07) is 10.8. The molecule has 0 aliphatic heterocycles. The lowest BCUT2D eigenvalue weighted by Crippen LogP contribution is -1.90. The van der Waals surface area contributed by atoms with E-state index in [4.69, 9.17) is 4.74 Å². The van der Waals surface area contributed by atoms with Gasteiger partial charge in [0, 0.05) is 17.8 Å². The van der Waals surface area contributed by atoms with Crippen LogP contribution in [0.15, 0.2) is 48.8 Å². The number of aromatic hydroxyl groups is 1. The molecule has 0 aliphatic rings. The highest BCUT2D eigenvalue weighted by Crippen LogP contribution is 2.24. The molecule has 3 aromatic rings. The van der Waals surface area contributed by atoms with Gasteiger partial charge in [-0.25, -0.2) is 4.98 Å². The molecule has 4 heteroatoms. The largest absolute Gasteiger partial charge is 0.508 e. The third kappa shape index (κ3) is 1.68. The zero-order valence-electron chi connectivity index (χ0n) is 9.87. The average molecular weight is 240 g/mol. The Morgan fingerprint density at radius 3 is 2.89 bits per heavy atom. The number of hydrogen-bond acceptors (Lipinski definition) is 3. The zero-order chi connectivity index (χ0) is 12.5. The summed E-state index contributed by atoms with van der Waals surface area (Å²) >= 11 is 0. The molecule has 0 unspecified atom stereocenters. The topological polar surface area (TPSA) is 46.8 Å². The molecule has 0 amide bonds. The van der Waals surface area contributed by atoms with Crippen molar-refractivity contribution in [1.29, 1.82) is 0 Å². The summed E-state index contributed by atoms with van der Waals surface area (Å²) in [5, 5.41) is 9.51. The number of aromatic nitrogens is 2. The first-order valence-corrected chi connectivity index (χ1v) is 5.58. The Kier molecular flexibility index (Phi) is 2.41. The second kappa shape index (κ2) is 4.07. The number of fused-ring (bicyclic) bond motifs is 1. The van der Waals surface area contributed by atoms with E-state index in [0.29, 0.717) is 0 Å². The monoisotopic (exact) mass is 240 g/mol. The minimum atomic E-state index is 0.234. The van der Waals surface area contributed by atoms with Gasteiger partial charge in [0.05, 0.1) is 18.8 Å². The number of hydrogen-bond donors (Lipinski definition) is 1. The van der Waals surface area contributed by atoms with Gasteiger partial charge in [-0.3, -0.25) is 4.40 Å². The molecule has 90 valence electrons. The molecule has 18 heavy (non-hydrogen) atoms. The van der Waals surface area contributed by atoms with Crippen molar-refractivity contribution in [3.05, 3.63) is 48.8 Å². The Hall–Kier alpha value is -2.49.